The van der Waals surface area contributed by atoms with Crippen molar-refractivity contribution in [2.45, 2.75) is 38.8 Å². The molecule has 7 nitrogen and oxygen atoms in total. The van der Waals surface area contributed by atoms with Gasteiger partial charge < -0.3 is 20.1 Å². The third-order valence-corrected chi connectivity index (χ3v) is 4.91. The number of ether oxygens (including phenoxy) is 2. The van der Waals surface area contributed by atoms with Crippen LogP contribution < -0.4 is 15.4 Å². The molecule has 1 aromatic rings. The van der Waals surface area contributed by atoms with Crippen molar-refractivity contribution in [3.8, 4) is 5.75 Å². The van der Waals surface area contributed by atoms with Gasteiger partial charge in [-0.25, -0.2) is 4.79 Å². The number of carbonyl (C=O) groups is 2. The van der Waals surface area contributed by atoms with Gasteiger partial charge in [0.15, 0.2) is 5.78 Å². The highest BCUT2D eigenvalue weighted by Gasteiger charge is 2.35. The first-order valence-corrected chi connectivity index (χ1v) is 9.25. The summed E-state index contributed by atoms with van der Waals surface area (Å²) < 4.78 is 11.2. The molecule has 2 aliphatic heterocycles. The van der Waals surface area contributed by atoms with E-state index in [1.54, 1.807) is 18.2 Å². The third kappa shape index (κ3) is 4.34. The molecule has 2 fully saturated rings. The molecule has 2 atom stereocenters. The molecule has 26 heavy (non-hydrogen) atoms. The van der Waals surface area contributed by atoms with Crippen molar-refractivity contribution in [2.24, 2.45) is 0 Å². The molecule has 0 unspecified atom stereocenters. The molecular weight excluding hydrogens is 334 g/mol. The summed E-state index contributed by atoms with van der Waals surface area (Å²) in [6.07, 6.45) is 2.40. The molecule has 0 radical (unpaired) electrons. The Labute approximate surface area is 154 Å². The summed E-state index contributed by atoms with van der Waals surface area (Å²) in [5.74, 6) is 0.487. The number of benzene rings is 1. The minimum Gasteiger partial charge on any atom is -0.492 e. The van der Waals surface area contributed by atoms with Crippen LogP contribution in [0.4, 0.5) is 10.5 Å². The topological polar surface area (TPSA) is 79.9 Å². The zero-order valence-electron chi connectivity index (χ0n) is 15.4. The van der Waals surface area contributed by atoms with Crippen LogP contribution in [0.25, 0.3) is 0 Å². The van der Waals surface area contributed by atoms with E-state index in [0.29, 0.717) is 36.8 Å². The van der Waals surface area contributed by atoms with Gasteiger partial charge in [-0.2, -0.15) is 0 Å². The Kier molecular flexibility index (Phi) is 6.11. The van der Waals surface area contributed by atoms with Crippen molar-refractivity contribution in [2.75, 3.05) is 38.2 Å². The SMILES string of the molecule is CCOc1ccc(C(C)=O)cc1NC(=O)N[C@H]1COC[C@@H]1N1CCCC1. The first-order chi connectivity index (χ1) is 12.6. The van der Waals surface area contributed by atoms with Gasteiger partial charge >= 0.3 is 6.03 Å². The van der Waals surface area contributed by atoms with Gasteiger partial charge in [-0.3, -0.25) is 9.69 Å². The van der Waals surface area contributed by atoms with Crippen LogP contribution in [0.3, 0.4) is 0 Å². The zero-order valence-corrected chi connectivity index (χ0v) is 15.4. The highest BCUT2D eigenvalue weighted by molar-refractivity contribution is 5.98. The van der Waals surface area contributed by atoms with Crippen LogP contribution in [0.15, 0.2) is 18.2 Å². The number of carbonyl (C=O) groups excluding carboxylic acids is 2. The second-order valence-corrected chi connectivity index (χ2v) is 6.75. The number of anilines is 1. The van der Waals surface area contributed by atoms with Crippen LogP contribution in [0.2, 0.25) is 0 Å². The molecule has 2 heterocycles. The van der Waals surface area contributed by atoms with Crippen LogP contribution in [0, 0.1) is 0 Å². The number of likely N-dealkylation sites (tertiary alicyclic amines) is 1. The molecule has 0 spiro atoms. The molecule has 3 rings (SSSR count). The van der Waals surface area contributed by atoms with Crippen molar-refractivity contribution in [1.82, 2.24) is 10.2 Å². The van der Waals surface area contributed by atoms with Crippen LogP contribution in [0.1, 0.15) is 37.0 Å². The standard InChI is InChI=1S/C19H27N3O4/c1-3-26-18-7-6-14(13(2)23)10-15(18)20-19(24)21-16-11-25-12-17(16)22-8-4-5-9-22/h6-7,10,16-17H,3-5,8-9,11-12H2,1-2H3,(H2,20,21,24)/t16-,17-/m0/s1. The maximum atomic E-state index is 12.5. The smallest absolute Gasteiger partial charge is 0.319 e. The molecule has 1 aromatic carbocycles. The summed E-state index contributed by atoms with van der Waals surface area (Å²) in [5, 5.41) is 5.84. The Morgan fingerprint density at radius 3 is 2.73 bits per heavy atom. The molecule has 2 amide bonds. The van der Waals surface area contributed by atoms with Gasteiger partial charge in [0.1, 0.15) is 5.75 Å². The molecular formula is C19H27N3O4. The lowest BCUT2D eigenvalue weighted by molar-refractivity contribution is 0.101. The first-order valence-electron chi connectivity index (χ1n) is 9.25. The predicted octanol–water partition coefficient (Wildman–Crippen LogP) is 2.27. The molecule has 2 aliphatic rings. The Hall–Kier alpha value is -2.12. The molecule has 7 heteroatoms. The number of hydrogen-bond acceptors (Lipinski definition) is 5. The van der Waals surface area contributed by atoms with E-state index in [9.17, 15) is 9.59 Å². The van der Waals surface area contributed by atoms with E-state index in [-0.39, 0.29) is 23.9 Å². The van der Waals surface area contributed by atoms with Gasteiger partial charge in [0.25, 0.3) is 0 Å². The summed E-state index contributed by atoms with van der Waals surface area (Å²) in [6.45, 7) is 7.12. The average Bonchev–Trinajstić information content (AvgIpc) is 3.27. The molecule has 142 valence electrons. The number of nitrogens with one attached hydrogen (secondary N) is 2. The van der Waals surface area contributed by atoms with E-state index in [4.69, 9.17) is 9.47 Å². The van der Waals surface area contributed by atoms with Crippen LogP contribution in [-0.4, -0.2) is 61.7 Å². The summed E-state index contributed by atoms with van der Waals surface area (Å²) in [4.78, 5) is 26.5. The van der Waals surface area contributed by atoms with Crippen molar-refractivity contribution in [3.63, 3.8) is 0 Å². The lowest BCUT2D eigenvalue weighted by Crippen LogP contribution is -2.51. The molecule has 0 saturated carbocycles. The maximum absolute atomic E-state index is 12.5. The zero-order chi connectivity index (χ0) is 18.5. The fraction of sp³-hybridized carbons (Fsp3) is 0.579. The minimum absolute atomic E-state index is 0.0420. The van der Waals surface area contributed by atoms with Crippen LogP contribution in [0.5, 0.6) is 5.75 Å². The number of urea groups is 1. The number of hydrogen-bond donors (Lipinski definition) is 2. The molecule has 0 bridgehead atoms. The fourth-order valence-corrected chi connectivity index (χ4v) is 3.57. The monoisotopic (exact) mass is 361 g/mol. The van der Waals surface area contributed by atoms with E-state index < -0.39 is 0 Å². The fourth-order valence-electron chi connectivity index (χ4n) is 3.57. The van der Waals surface area contributed by atoms with Crippen molar-refractivity contribution in [3.05, 3.63) is 23.8 Å². The molecule has 0 aromatic heterocycles. The number of amides is 2. The second-order valence-electron chi connectivity index (χ2n) is 6.75. The van der Waals surface area contributed by atoms with E-state index in [0.717, 1.165) is 13.1 Å². The van der Waals surface area contributed by atoms with Gasteiger partial charge in [-0.05, 0) is 58.0 Å². The Balaban J connectivity index is 1.67. The van der Waals surface area contributed by atoms with Gasteiger partial charge in [-0.15, -0.1) is 0 Å². The quantitative estimate of drug-likeness (QED) is 0.760. The highest BCUT2D eigenvalue weighted by Crippen LogP contribution is 2.26. The van der Waals surface area contributed by atoms with Crippen molar-refractivity contribution < 1.29 is 19.1 Å². The van der Waals surface area contributed by atoms with Crippen LogP contribution >= 0.6 is 0 Å². The van der Waals surface area contributed by atoms with Crippen LogP contribution in [-0.2, 0) is 4.74 Å². The average molecular weight is 361 g/mol. The summed E-state index contributed by atoms with van der Waals surface area (Å²) in [7, 11) is 0. The van der Waals surface area contributed by atoms with Gasteiger partial charge in [0.2, 0.25) is 0 Å². The molecule has 0 aliphatic carbocycles. The van der Waals surface area contributed by atoms with E-state index >= 15 is 0 Å². The van der Waals surface area contributed by atoms with E-state index in [2.05, 4.69) is 15.5 Å². The summed E-state index contributed by atoms with van der Waals surface area (Å²) >= 11 is 0. The lowest BCUT2D eigenvalue weighted by atomic mass is 10.1. The normalized spacial score (nSPS) is 23.0. The number of Topliss-reactive ketones (excluding diaryl/α,β-unsaturated/α-hetero) is 1. The number of ketones is 1. The highest BCUT2D eigenvalue weighted by atomic mass is 16.5. The second kappa shape index (κ2) is 8.51. The largest absolute Gasteiger partial charge is 0.492 e. The number of rotatable bonds is 6. The summed E-state index contributed by atoms with van der Waals surface area (Å²) in [5.41, 5.74) is 1.02. The van der Waals surface area contributed by atoms with Gasteiger partial charge in [0.05, 0.1) is 37.6 Å². The Morgan fingerprint density at radius 2 is 2.04 bits per heavy atom. The molecule has 2 N–H and O–H groups in total. The van der Waals surface area contributed by atoms with E-state index in [1.807, 2.05) is 6.92 Å². The lowest BCUT2D eigenvalue weighted by Gasteiger charge is -2.28. The maximum Gasteiger partial charge on any atom is 0.319 e. The van der Waals surface area contributed by atoms with Crippen molar-refractivity contribution >= 4 is 17.5 Å². The van der Waals surface area contributed by atoms with Gasteiger partial charge in [-0.1, -0.05) is 0 Å². The van der Waals surface area contributed by atoms with E-state index in [1.165, 1.54) is 19.8 Å². The van der Waals surface area contributed by atoms with Gasteiger partial charge in [0, 0.05) is 5.56 Å². The third-order valence-electron chi connectivity index (χ3n) is 4.91. The predicted molar refractivity (Wildman–Crippen MR) is 99.0 cm³/mol. The first kappa shape index (κ1) is 18.7. The van der Waals surface area contributed by atoms with Crippen molar-refractivity contribution in [1.29, 1.82) is 0 Å². The summed E-state index contributed by atoms with van der Waals surface area (Å²) in [6, 6.07) is 4.92. The minimum atomic E-state index is -0.314. The molecule has 2 saturated heterocycles. The number of nitrogens with zero attached hydrogens (tertiary/aromatic N) is 1. The Bertz CT molecular complexity index is 658. The Morgan fingerprint density at radius 1 is 1.27 bits per heavy atom.